The number of carboxylic acids is 1. The second-order valence-corrected chi connectivity index (χ2v) is 28.1. The van der Waals surface area contributed by atoms with Crippen LogP contribution in [0.2, 0.25) is 0 Å². The highest BCUT2D eigenvalue weighted by Crippen LogP contribution is 2.29. The number of likely N-dealkylation sites (N-methyl/N-ethyl adjacent to an activating group) is 2. The predicted octanol–water partition coefficient (Wildman–Crippen LogP) is 0.697. The monoisotopic (exact) mass is 1390 g/mol. The molecule has 98 heavy (non-hydrogen) atoms. The van der Waals surface area contributed by atoms with Gasteiger partial charge in [0.2, 0.25) is 35.8 Å². The molecule has 550 valence electrons. The number of alkyl carbamates (subject to hydrolysis) is 1. The van der Waals surface area contributed by atoms with Crippen LogP contribution in [0, 0.1) is 29.1 Å². The van der Waals surface area contributed by atoms with Crippen molar-refractivity contribution in [2.24, 2.45) is 29.1 Å². The van der Waals surface area contributed by atoms with Crippen molar-refractivity contribution < 1.29 is 111 Å². The number of nitrogens with zero attached hydrogens (tertiary/aromatic N) is 4. The maximum atomic E-state index is 15.2. The van der Waals surface area contributed by atoms with Gasteiger partial charge in [-0.1, -0.05) is 87.8 Å². The average molecular weight is 1390 g/mol. The normalized spacial score (nSPS) is 28.3. The zero-order valence-corrected chi connectivity index (χ0v) is 58.9. The Labute approximate surface area is 571 Å². The van der Waals surface area contributed by atoms with Crippen molar-refractivity contribution in [1.82, 2.24) is 40.9 Å². The van der Waals surface area contributed by atoms with Gasteiger partial charge in [0.25, 0.3) is 11.8 Å². The number of carboxylic acid groups (broad SMARTS) is 1. The number of hydrogen-bond donors (Lipinski definition) is 9. The van der Waals surface area contributed by atoms with Gasteiger partial charge in [0.1, 0.15) is 66.4 Å². The summed E-state index contributed by atoms with van der Waals surface area (Å²) in [6.07, 6.45) is -17.4. The predicted molar refractivity (Wildman–Crippen MR) is 347 cm³/mol. The third kappa shape index (κ3) is 21.4. The molecule has 5 rings (SSSR count). The molecule has 0 bridgehead atoms. The lowest BCUT2D eigenvalue weighted by Crippen LogP contribution is -2.62. The van der Waals surface area contributed by atoms with E-state index in [1.54, 1.807) is 79.7 Å². The Balaban J connectivity index is 1.44. The SMILES string of the molecule is CC[C@H](C)[C@@H]1NC(=O)[C@H](NC(=O)[C@@H](CC(C)C)N(C)C(=O)[C@@H]2CCCN2C(=O)[C@@H](C)OC(=O)CC(C)(C)CNC(=O)OC2OC(C(=O)O)C(O)C(O)C2O)[C@H](C)OC(=O)[C@H](Cc2ccc(OC)cc2)N(C)C(=O)[C@@H]2CCCN2C(=O)[C@H](CC(C)C)NC(=O)[C@H](C(C)C)OC(=O)C[C@@H]1O. The molecule has 0 saturated carbocycles. The van der Waals surface area contributed by atoms with Gasteiger partial charge in [0, 0.05) is 40.2 Å². The number of rotatable bonds is 22. The van der Waals surface area contributed by atoms with E-state index in [2.05, 4.69) is 21.3 Å². The third-order valence-corrected chi connectivity index (χ3v) is 18.3. The number of cyclic esters (lactones) is 2. The molecule has 0 radical (unpaired) electrons. The van der Waals surface area contributed by atoms with Gasteiger partial charge in [-0.25, -0.2) is 14.4 Å². The molecule has 4 aliphatic rings. The number of methoxy groups -OCH3 is 1. The Bertz CT molecular complexity index is 2980. The van der Waals surface area contributed by atoms with Crippen molar-refractivity contribution in [3.63, 3.8) is 0 Å². The van der Waals surface area contributed by atoms with E-state index in [0.717, 1.165) is 4.90 Å². The number of aliphatic carboxylic acids is 1. The van der Waals surface area contributed by atoms with Crippen LogP contribution in [0.25, 0.3) is 0 Å². The van der Waals surface area contributed by atoms with Gasteiger partial charge in [-0.15, -0.1) is 0 Å². The summed E-state index contributed by atoms with van der Waals surface area (Å²) in [5.74, 6) is -11.2. The fraction of sp³-hybridized carbons (Fsp3) is 0.731. The van der Waals surface area contributed by atoms with Gasteiger partial charge in [-0.3, -0.25) is 43.2 Å². The number of amides is 8. The van der Waals surface area contributed by atoms with Crippen LogP contribution in [0.3, 0.4) is 0 Å². The van der Waals surface area contributed by atoms with Gasteiger partial charge in [0.05, 0.1) is 32.1 Å². The van der Waals surface area contributed by atoms with E-state index in [9.17, 15) is 68.7 Å². The standard InChI is InChI=1S/C67H104N8O23/c1-16-36(8)49-46(76)30-47(77)96-54(35(6)7)58(84)69-41(27-33(2)3)60(86)75-26-18-20-43(75)62(88)73(14)45(29-39-21-23-40(93-15)24-22-39)64(91)95-37(9)50(57(83)70-49)71-56(82)44(28-34(4)5)72(13)61(87)42-19-17-25-74(42)59(85)38(10)94-48(78)31-67(11,12)32-68-66(92)98-65-53(81)51(79)52(80)55(97-65)63(89)90/h21-24,33-38,41-46,49-55,65,76,79-81H,16-20,25-32H2,1-15H3,(H,68,92)(H,69,84)(H,70,83)(H,71,82)(H,89,90)/t36-,37-,38+,41-,42-,43-,44+,45-,46-,49-,50+,51?,52?,53?,54-,55?,65?/m0/s1. The molecule has 0 spiro atoms. The van der Waals surface area contributed by atoms with E-state index in [1.807, 2.05) is 13.8 Å². The molecular weight excluding hydrogens is 1280 g/mol. The average Bonchev–Trinajstić information content (AvgIpc) is 1.13. The zero-order chi connectivity index (χ0) is 73.5. The number of benzene rings is 1. The maximum Gasteiger partial charge on any atom is 0.409 e. The number of aliphatic hydroxyl groups is 4. The Morgan fingerprint density at radius 1 is 0.827 bits per heavy atom. The van der Waals surface area contributed by atoms with Crippen LogP contribution >= 0.6 is 0 Å². The van der Waals surface area contributed by atoms with Crippen molar-refractivity contribution in [2.75, 3.05) is 40.8 Å². The smallest absolute Gasteiger partial charge is 0.409 e. The van der Waals surface area contributed by atoms with Crippen LogP contribution in [0.15, 0.2) is 24.3 Å². The van der Waals surface area contributed by atoms with E-state index in [1.165, 1.54) is 49.8 Å². The molecule has 8 amide bonds. The Morgan fingerprint density at radius 3 is 2.06 bits per heavy atom. The summed E-state index contributed by atoms with van der Waals surface area (Å²) < 4.78 is 32.8. The van der Waals surface area contributed by atoms with Gasteiger partial charge in [-0.2, -0.15) is 0 Å². The van der Waals surface area contributed by atoms with Crippen LogP contribution in [0.5, 0.6) is 5.75 Å². The molecule has 31 nitrogen and oxygen atoms in total. The summed E-state index contributed by atoms with van der Waals surface area (Å²) in [6, 6.07) is -2.71. The second kappa shape index (κ2) is 35.9. The minimum atomic E-state index is -2.04. The molecule has 4 saturated heterocycles. The molecule has 0 aliphatic carbocycles. The quantitative estimate of drug-likeness (QED) is 0.0570. The summed E-state index contributed by atoms with van der Waals surface area (Å²) in [4.78, 5) is 175. The Hall–Kier alpha value is -7.74. The topological polar surface area (TPSA) is 422 Å². The highest BCUT2D eigenvalue weighted by atomic mass is 16.7. The number of ether oxygens (including phenoxy) is 6. The van der Waals surface area contributed by atoms with Gasteiger partial charge in [-0.05, 0) is 99.2 Å². The van der Waals surface area contributed by atoms with Crippen molar-refractivity contribution >= 4 is 71.3 Å². The molecular formula is C67H104N8O23. The van der Waals surface area contributed by atoms with Crippen molar-refractivity contribution in [2.45, 2.75) is 245 Å². The number of esters is 3. The van der Waals surface area contributed by atoms with Crippen LogP contribution in [0.1, 0.15) is 146 Å². The number of carbonyl (C=O) groups excluding carboxylic acids is 11. The first-order chi connectivity index (χ1) is 45.8. The van der Waals surface area contributed by atoms with Crippen LogP contribution in [0.4, 0.5) is 4.79 Å². The number of likely N-dealkylation sites (tertiary alicyclic amines) is 1. The zero-order valence-electron chi connectivity index (χ0n) is 58.9. The van der Waals surface area contributed by atoms with Crippen molar-refractivity contribution in [3.05, 3.63) is 29.8 Å². The Kier molecular flexibility index (Phi) is 29.6. The van der Waals surface area contributed by atoms with Gasteiger partial charge >= 0.3 is 30.0 Å². The lowest BCUT2D eigenvalue weighted by Gasteiger charge is -2.38. The lowest BCUT2D eigenvalue weighted by molar-refractivity contribution is -0.278. The van der Waals surface area contributed by atoms with Gasteiger partial charge in [0.15, 0.2) is 18.3 Å². The van der Waals surface area contributed by atoms with Crippen molar-refractivity contribution in [3.8, 4) is 5.75 Å². The molecule has 4 fully saturated rings. The number of hydrogen-bond acceptors (Lipinski definition) is 22. The summed E-state index contributed by atoms with van der Waals surface area (Å²) >= 11 is 0. The molecule has 17 atom stereocenters. The number of carbonyl (C=O) groups is 12. The fourth-order valence-corrected chi connectivity index (χ4v) is 12.4. The third-order valence-electron chi connectivity index (χ3n) is 18.3. The molecule has 1 aromatic carbocycles. The second-order valence-electron chi connectivity index (χ2n) is 28.1. The summed E-state index contributed by atoms with van der Waals surface area (Å²) in [6.45, 7) is 19.6. The molecule has 4 heterocycles. The lowest BCUT2D eigenvalue weighted by atomic mass is 9.89. The minimum Gasteiger partial charge on any atom is -0.497 e. The summed E-state index contributed by atoms with van der Waals surface area (Å²) in [5, 5.41) is 62.2. The molecule has 4 aliphatic heterocycles. The fourth-order valence-electron chi connectivity index (χ4n) is 12.4. The van der Waals surface area contributed by atoms with Crippen LogP contribution in [-0.2, 0) is 82.8 Å². The number of nitrogens with one attached hydrogen (secondary N) is 4. The summed E-state index contributed by atoms with van der Waals surface area (Å²) in [7, 11) is 4.21. The van der Waals surface area contributed by atoms with E-state index >= 15 is 14.4 Å². The highest BCUT2D eigenvalue weighted by Gasteiger charge is 2.50. The van der Waals surface area contributed by atoms with E-state index in [0.29, 0.717) is 30.6 Å². The number of aliphatic hydroxyl groups excluding tert-OH is 4. The minimum absolute atomic E-state index is 0.0240. The molecule has 9 N–H and O–H groups in total. The largest absolute Gasteiger partial charge is 0.497 e. The van der Waals surface area contributed by atoms with E-state index in [-0.39, 0.29) is 63.6 Å². The van der Waals surface area contributed by atoms with Crippen LogP contribution < -0.4 is 26.0 Å². The molecule has 0 aromatic heterocycles. The maximum absolute atomic E-state index is 15.2. The van der Waals surface area contributed by atoms with E-state index < -0.39 is 199 Å². The molecule has 31 heteroatoms. The van der Waals surface area contributed by atoms with Crippen molar-refractivity contribution in [1.29, 1.82) is 0 Å². The number of fused-ring (bicyclic) bond motifs is 1. The molecule has 5 unspecified atom stereocenters. The summed E-state index contributed by atoms with van der Waals surface area (Å²) in [5.41, 5.74) is -0.552. The molecule has 1 aromatic rings. The first-order valence-electron chi connectivity index (χ1n) is 33.7. The first kappa shape index (κ1) is 80.9. The van der Waals surface area contributed by atoms with E-state index in [4.69, 9.17) is 28.4 Å². The van der Waals surface area contributed by atoms with Crippen LogP contribution in [-0.4, -0.2) is 255 Å². The van der Waals surface area contributed by atoms with Gasteiger partial charge < -0.3 is 94.8 Å². The Morgan fingerprint density at radius 2 is 1.47 bits per heavy atom. The first-order valence-corrected chi connectivity index (χ1v) is 33.7. The highest BCUT2D eigenvalue weighted by molar-refractivity contribution is 5.97.